The first-order chi connectivity index (χ1) is 12.0. The van der Waals surface area contributed by atoms with Crippen molar-refractivity contribution in [3.05, 3.63) is 64.5 Å². The molecular formula is C17H14N4O4. The number of hydrogen-bond donors (Lipinski definition) is 1. The molecule has 1 aromatic heterocycles. The molecule has 0 fully saturated rings. The minimum Gasteiger partial charge on any atom is -0.467 e. The van der Waals surface area contributed by atoms with Crippen LogP contribution in [-0.2, 0) is 4.79 Å². The number of benzene rings is 2. The van der Waals surface area contributed by atoms with Crippen molar-refractivity contribution in [1.29, 1.82) is 0 Å². The second-order valence-electron chi connectivity index (χ2n) is 5.31. The van der Waals surface area contributed by atoms with E-state index >= 15 is 0 Å². The number of ether oxygens (including phenoxy) is 1. The van der Waals surface area contributed by atoms with Gasteiger partial charge in [0.05, 0.1) is 15.8 Å². The molecule has 3 rings (SSSR count). The van der Waals surface area contributed by atoms with E-state index in [0.717, 1.165) is 5.56 Å². The van der Waals surface area contributed by atoms with Crippen molar-refractivity contribution in [2.75, 3.05) is 11.9 Å². The molecule has 0 radical (unpaired) electrons. The maximum atomic E-state index is 12.1. The fourth-order valence-electron chi connectivity index (χ4n) is 2.31. The minimum atomic E-state index is -0.540. The number of aromatic nitrogens is 2. The molecule has 0 spiro atoms. The standard InChI is InChI=1S/C17H14N4O4/c1-11-6-7-14(15(8-11)21(23)24)20-16(22)9-25-17-12-4-2-3-5-13(12)18-10-19-17/h2-8,10H,9H2,1H3,(H,20,22). The highest BCUT2D eigenvalue weighted by atomic mass is 16.6. The Hall–Kier alpha value is -3.55. The van der Waals surface area contributed by atoms with Gasteiger partial charge in [-0.1, -0.05) is 18.2 Å². The van der Waals surface area contributed by atoms with E-state index in [0.29, 0.717) is 10.9 Å². The van der Waals surface area contributed by atoms with Crippen molar-refractivity contribution in [3.63, 3.8) is 0 Å². The maximum absolute atomic E-state index is 12.1. The van der Waals surface area contributed by atoms with Crippen molar-refractivity contribution in [2.24, 2.45) is 0 Å². The van der Waals surface area contributed by atoms with Gasteiger partial charge >= 0.3 is 0 Å². The number of carbonyl (C=O) groups excluding carboxylic acids is 1. The lowest BCUT2D eigenvalue weighted by Crippen LogP contribution is -2.21. The number of rotatable bonds is 5. The monoisotopic (exact) mass is 338 g/mol. The molecular weight excluding hydrogens is 324 g/mol. The quantitative estimate of drug-likeness (QED) is 0.566. The number of amides is 1. The summed E-state index contributed by atoms with van der Waals surface area (Å²) >= 11 is 0. The largest absolute Gasteiger partial charge is 0.467 e. The third-order valence-corrected chi connectivity index (χ3v) is 3.47. The average molecular weight is 338 g/mol. The van der Waals surface area contributed by atoms with Gasteiger partial charge in [0, 0.05) is 6.07 Å². The second-order valence-corrected chi connectivity index (χ2v) is 5.31. The Labute approximate surface area is 142 Å². The van der Waals surface area contributed by atoms with Gasteiger partial charge in [-0.05, 0) is 30.7 Å². The molecule has 0 bridgehead atoms. The number of anilines is 1. The Morgan fingerprint density at radius 2 is 2.04 bits per heavy atom. The molecule has 0 aliphatic carbocycles. The van der Waals surface area contributed by atoms with Crippen LogP contribution >= 0.6 is 0 Å². The summed E-state index contributed by atoms with van der Waals surface area (Å²) in [4.78, 5) is 30.8. The van der Waals surface area contributed by atoms with Gasteiger partial charge < -0.3 is 10.1 Å². The Kier molecular flexibility index (Phi) is 4.51. The van der Waals surface area contributed by atoms with Gasteiger partial charge in [0.15, 0.2) is 6.61 Å². The van der Waals surface area contributed by atoms with Crippen molar-refractivity contribution >= 4 is 28.2 Å². The minimum absolute atomic E-state index is 0.122. The molecule has 8 nitrogen and oxygen atoms in total. The Bertz CT molecular complexity index is 953. The fraction of sp³-hybridized carbons (Fsp3) is 0.118. The van der Waals surface area contributed by atoms with Crippen LogP contribution in [0.1, 0.15) is 5.56 Å². The zero-order valence-electron chi connectivity index (χ0n) is 13.3. The van der Waals surface area contributed by atoms with Crippen molar-refractivity contribution in [3.8, 4) is 5.88 Å². The number of carbonyl (C=O) groups is 1. The van der Waals surface area contributed by atoms with Crippen LogP contribution in [0, 0.1) is 17.0 Å². The highest BCUT2D eigenvalue weighted by Gasteiger charge is 2.16. The molecule has 0 aliphatic rings. The molecule has 2 aromatic carbocycles. The smallest absolute Gasteiger partial charge is 0.293 e. The molecule has 8 heteroatoms. The summed E-state index contributed by atoms with van der Waals surface area (Å²) < 4.78 is 5.44. The van der Waals surface area contributed by atoms with Gasteiger partial charge in [-0.25, -0.2) is 9.97 Å². The van der Waals surface area contributed by atoms with Crippen molar-refractivity contribution in [1.82, 2.24) is 9.97 Å². The van der Waals surface area contributed by atoms with Crippen LogP contribution in [0.3, 0.4) is 0 Å². The summed E-state index contributed by atoms with van der Waals surface area (Å²) in [5.74, 6) is -0.242. The summed E-state index contributed by atoms with van der Waals surface area (Å²) in [5, 5.41) is 14.3. The third kappa shape index (κ3) is 3.69. The first kappa shape index (κ1) is 16.3. The van der Waals surface area contributed by atoms with E-state index in [9.17, 15) is 14.9 Å². The van der Waals surface area contributed by atoms with Gasteiger partial charge in [-0.3, -0.25) is 14.9 Å². The number of para-hydroxylation sites is 1. The van der Waals surface area contributed by atoms with Crippen molar-refractivity contribution < 1.29 is 14.5 Å². The van der Waals surface area contributed by atoms with E-state index in [1.165, 1.54) is 18.5 Å². The molecule has 1 amide bonds. The summed E-state index contributed by atoms with van der Waals surface area (Å²) in [7, 11) is 0. The summed E-state index contributed by atoms with van der Waals surface area (Å²) in [5.41, 5.74) is 1.38. The van der Waals surface area contributed by atoms with Crippen molar-refractivity contribution in [2.45, 2.75) is 6.92 Å². The van der Waals surface area contributed by atoms with Crippen LogP contribution in [0.4, 0.5) is 11.4 Å². The van der Waals surface area contributed by atoms with E-state index in [4.69, 9.17) is 4.74 Å². The number of nitrogens with one attached hydrogen (secondary N) is 1. The van der Waals surface area contributed by atoms with Gasteiger partial charge in [0.25, 0.3) is 11.6 Å². The number of hydrogen-bond acceptors (Lipinski definition) is 6. The molecule has 1 heterocycles. The average Bonchev–Trinajstić information content (AvgIpc) is 2.61. The Morgan fingerprint density at radius 1 is 1.24 bits per heavy atom. The molecule has 1 N–H and O–H groups in total. The van der Waals surface area contributed by atoms with E-state index < -0.39 is 10.8 Å². The SMILES string of the molecule is Cc1ccc(NC(=O)COc2ncnc3ccccc23)c([N+](=O)[O-])c1. The summed E-state index contributed by atoms with van der Waals surface area (Å²) in [6.07, 6.45) is 1.35. The highest BCUT2D eigenvalue weighted by molar-refractivity contribution is 5.94. The third-order valence-electron chi connectivity index (χ3n) is 3.47. The second kappa shape index (κ2) is 6.91. The van der Waals surface area contributed by atoms with Gasteiger partial charge in [-0.2, -0.15) is 0 Å². The lowest BCUT2D eigenvalue weighted by atomic mass is 10.2. The lowest BCUT2D eigenvalue weighted by Gasteiger charge is -2.09. The molecule has 0 unspecified atom stereocenters. The normalized spacial score (nSPS) is 10.4. The lowest BCUT2D eigenvalue weighted by molar-refractivity contribution is -0.384. The topological polar surface area (TPSA) is 107 Å². The predicted octanol–water partition coefficient (Wildman–Crippen LogP) is 2.86. The van der Waals surface area contributed by atoms with Gasteiger partial charge in [-0.15, -0.1) is 0 Å². The zero-order valence-corrected chi connectivity index (χ0v) is 13.3. The highest BCUT2D eigenvalue weighted by Crippen LogP contribution is 2.25. The molecule has 0 saturated heterocycles. The molecule has 0 saturated carbocycles. The molecule has 0 aliphatic heterocycles. The van der Waals surface area contributed by atoms with E-state index in [2.05, 4.69) is 15.3 Å². The van der Waals surface area contributed by atoms with Crippen LogP contribution in [-0.4, -0.2) is 27.4 Å². The number of nitro benzene ring substituents is 1. The summed E-state index contributed by atoms with van der Waals surface area (Å²) in [6, 6.07) is 11.8. The van der Waals surface area contributed by atoms with Crippen LogP contribution in [0.15, 0.2) is 48.8 Å². The Balaban J connectivity index is 1.72. The molecule has 0 atom stereocenters. The van der Waals surface area contributed by atoms with Crippen LogP contribution in [0.25, 0.3) is 10.9 Å². The molecule has 126 valence electrons. The van der Waals surface area contributed by atoms with Gasteiger partial charge in [0.1, 0.15) is 12.0 Å². The summed E-state index contributed by atoms with van der Waals surface area (Å²) in [6.45, 7) is 1.41. The van der Waals surface area contributed by atoms with E-state index in [1.807, 2.05) is 12.1 Å². The number of nitro groups is 1. The molecule has 25 heavy (non-hydrogen) atoms. The van der Waals surface area contributed by atoms with Crippen LogP contribution in [0.2, 0.25) is 0 Å². The van der Waals surface area contributed by atoms with Crippen LogP contribution < -0.4 is 10.1 Å². The number of aryl methyl sites for hydroxylation is 1. The first-order valence-corrected chi connectivity index (χ1v) is 7.42. The molecule has 3 aromatic rings. The van der Waals surface area contributed by atoms with Gasteiger partial charge in [0.2, 0.25) is 5.88 Å². The fourth-order valence-corrected chi connectivity index (χ4v) is 2.31. The number of fused-ring (bicyclic) bond motifs is 1. The predicted molar refractivity (Wildman–Crippen MR) is 91.5 cm³/mol. The van der Waals surface area contributed by atoms with E-state index in [1.54, 1.807) is 25.1 Å². The Morgan fingerprint density at radius 3 is 2.84 bits per heavy atom. The maximum Gasteiger partial charge on any atom is 0.293 e. The van der Waals surface area contributed by atoms with E-state index in [-0.39, 0.29) is 23.9 Å². The zero-order chi connectivity index (χ0) is 17.8. The number of nitrogens with zero attached hydrogens (tertiary/aromatic N) is 3. The first-order valence-electron chi connectivity index (χ1n) is 7.42. The van der Waals surface area contributed by atoms with Crippen LogP contribution in [0.5, 0.6) is 5.88 Å².